The first kappa shape index (κ1) is 19.9. The lowest BCUT2D eigenvalue weighted by atomic mass is 9.78. The van der Waals surface area contributed by atoms with E-state index in [0.717, 1.165) is 31.2 Å². The van der Waals surface area contributed by atoms with E-state index in [9.17, 15) is 13.2 Å². The molecule has 0 spiro atoms. The number of amides is 1. The molecule has 140 valence electrons. The van der Waals surface area contributed by atoms with E-state index in [1.54, 1.807) is 13.0 Å². The topological polar surface area (TPSA) is 66.5 Å². The number of sulfonamides is 1. The van der Waals surface area contributed by atoms with Crippen molar-refractivity contribution < 1.29 is 13.2 Å². The Hall–Kier alpha value is -1.40. The lowest BCUT2D eigenvalue weighted by Gasteiger charge is -2.37. The van der Waals surface area contributed by atoms with Crippen LogP contribution in [0.15, 0.2) is 17.0 Å². The van der Waals surface area contributed by atoms with Crippen LogP contribution in [0.25, 0.3) is 0 Å². The van der Waals surface area contributed by atoms with Crippen molar-refractivity contribution in [2.45, 2.75) is 63.8 Å². The summed E-state index contributed by atoms with van der Waals surface area (Å²) in [5.41, 5.74) is 1.67. The largest absolute Gasteiger partial charge is 0.347 e. The summed E-state index contributed by atoms with van der Waals surface area (Å²) in [4.78, 5) is 13.0. The van der Waals surface area contributed by atoms with Crippen molar-refractivity contribution in [3.63, 3.8) is 0 Å². The molecule has 0 heterocycles. The number of nitrogens with zero attached hydrogens (tertiary/aromatic N) is 1. The van der Waals surface area contributed by atoms with Crippen molar-refractivity contribution in [2.24, 2.45) is 5.92 Å². The van der Waals surface area contributed by atoms with E-state index < -0.39 is 10.0 Å². The zero-order valence-corrected chi connectivity index (χ0v) is 17.0. The average molecular weight is 367 g/mol. The SMILES string of the molecule is Cc1cc(C(=O)NC2(C)CCC(C)CC2)cc(S(=O)(=O)N(C)C)c1C. The Balaban J connectivity index is 2.34. The molecule has 0 bridgehead atoms. The maximum atomic E-state index is 12.8. The van der Waals surface area contributed by atoms with E-state index in [1.807, 2.05) is 6.92 Å². The fraction of sp³-hybridized carbons (Fsp3) is 0.632. The fourth-order valence-corrected chi connectivity index (χ4v) is 4.51. The van der Waals surface area contributed by atoms with Gasteiger partial charge in [-0.3, -0.25) is 4.79 Å². The third-order valence-electron chi connectivity index (χ3n) is 5.43. The fourth-order valence-electron chi connectivity index (χ4n) is 3.29. The quantitative estimate of drug-likeness (QED) is 0.889. The molecule has 0 aliphatic heterocycles. The Kier molecular flexibility index (Phi) is 5.64. The maximum absolute atomic E-state index is 12.8. The minimum atomic E-state index is -3.59. The molecule has 5 nitrogen and oxygen atoms in total. The summed E-state index contributed by atoms with van der Waals surface area (Å²) in [5.74, 6) is 0.499. The summed E-state index contributed by atoms with van der Waals surface area (Å²) >= 11 is 0. The van der Waals surface area contributed by atoms with Gasteiger partial charge in [0.15, 0.2) is 0 Å². The Bertz CT molecular complexity index is 761. The molecule has 1 N–H and O–H groups in total. The van der Waals surface area contributed by atoms with Crippen LogP contribution in [0.3, 0.4) is 0 Å². The standard InChI is InChI=1S/C19H30N2O3S/c1-13-7-9-19(4,10-8-13)20-18(22)16-11-14(2)15(3)17(12-16)25(23,24)21(5)6/h11-13H,7-10H2,1-6H3,(H,20,22). The van der Waals surface area contributed by atoms with E-state index in [2.05, 4.69) is 19.2 Å². The van der Waals surface area contributed by atoms with Crippen molar-refractivity contribution in [2.75, 3.05) is 14.1 Å². The molecule has 0 unspecified atom stereocenters. The lowest BCUT2D eigenvalue weighted by Crippen LogP contribution is -2.48. The van der Waals surface area contributed by atoms with Crippen LogP contribution in [0.4, 0.5) is 0 Å². The molecule has 25 heavy (non-hydrogen) atoms. The second-order valence-electron chi connectivity index (χ2n) is 7.90. The molecule has 1 aliphatic carbocycles. The van der Waals surface area contributed by atoms with Gasteiger partial charge in [0.25, 0.3) is 5.91 Å². The van der Waals surface area contributed by atoms with E-state index >= 15 is 0 Å². The van der Waals surface area contributed by atoms with Crippen LogP contribution in [0.5, 0.6) is 0 Å². The van der Waals surface area contributed by atoms with Crippen LogP contribution in [0.2, 0.25) is 0 Å². The highest BCUT2D eigenvalue weighted by Crippen LogP contribution is 2.32. The van der Waals surface area contributed by atoms with E-state index in [1.165, 1.54) is 24.5 Å². The summed E-state index contributed by atoms with van der Waals surface area (Å²) in [6, 6.07) is 3.27. The van der Waals surface area contributed by atoms with Gasteiger partial charge in [0, 0.05) is 25.2 Å². The lowest BCUT2D eigenvalue weighted by molar-refractivity contribution is 0.0869. The third kappa shape index (κ3) is 4.23. The van der Waals surface area contributed by atoms with Gasteiger partial charge in [0.05, 0.1) is 4.90 Å². The van der Waals surface area contributed by atoms with Crippen LogP contribution >= 0.6 is 0 Å². The maximum Gasteiger partial charge on any atom is 0.251 e. The number of benzene rings is 1. The molecule has 1 saturated carbocycles. The predicted octanol–water partition coefficient (Wildman–Crippen LogP) is 3.25. The van der Waals surface area contributed by atoms with Crippen LogP contribution in [0, 0.1) is 19.8 Å². The van der Waals surface area contributed by atoms with Gasteiger partial charge in [-0.05, 0) is 75.6 Å². The highest BCUT2D eigenvalue weighted by Gasteiger charge is 2.32. The van der Waals surface area contributed by atoms with E-state index in [4.69, 9.17) is 0 Å². The third-order valence-corrected chi connectivity index (χ3v) is 7.37. The van der Waals surface area contributed by atoms with Gasteiger partial charge in [0.1, 0.15) is 0 Å². The Morgan fingerprint density at radius 1 is 1.20 bits per heavy atom. The Labute approximate surface area is 151 Å². The van der Waals surface area contributed by atoms with Gasteiger partial charge in [-0.2, -0.15) is 0 Å². The van der Waals surface area contributed by atoms with Crippen LogP contribution in [-0.2, 0) is 10.0 Å². The summed E-state index contributed by atoms with van der Waals surface area (Å²) in [7, 11) is -0.586. The van der Waals surface area contributed by atoms with E-state index in [0.29, 0.717) is 17.0 Å². The Morgan fingerprint density at radius 2 is 1.76 bits per heavy atom. The molecule has 2 rings (SSSR count). The number of aryl methyl sites for hydroxylation is 1. The van der Waals surface area contributed by atoms with Gasteiger partial charge in [-0.25, -0.2) is 12.7 Å². The first-order valence-corrected chi connectivity index (χ1v) is 10.3. The van der Waals surface area contributed by atoms with Crippen LogP contribution in [0.1, 0.15) is 61.0 Å². The molecule has 0 aromatic heterocycles. The smallest absolute Gasteiger partial charge is 0.251 e. The minimum Gasteiger partial charge on any atom is -0.347 e. The number of carbonyl (C=O) groups excluding carboxylic acids is 1. The zero-order chi connectivity index (χ0) is 19.0. The number of hydrogen-bond donors (Lipinski definition) is 1. The van der Waals surface area contributed by atoms with Crippen molar-refractivity contribution in [3.8, 4) is 0 Å². The molecule has 0 atom stereocenters. The second-order valence-corrected chi connectivity index (χ2v) is 10.0. The number of rotatable bonds is 4. The molecular formula is C19H30N2O3S. The van der Waals surface area contributed by atoms with Gasteiger partial charge in [0.2, 0.25) is 10.0 Å². The van der Waals surface area contributed by atoms with Gasteiger partial charge >= 0.3 is 0 Å². The monoisotopic (exact) mass is 366 g/mol. The molecule has 1 aromatic rings. The first-order valence-electron chi connectivity index (χ1n) is 8.82. The first-order chi connectivity index (χ1) is 11.5. The number of hydrogen-bond acceptors (Lipinski definition) is 3. The second kappa shape index (κ2) is 7.08. The van der Waals surface area contributed by atoms with E-state index in [-0.39, 0.29) is 16.3 Å². The average Bonchev–Trinajstić information content (AvgIpc) is 2.52. The normalized spacial score (nSPS) is 24.4. The highest BCUT2D eigenvalue weighted by atomic mass is 32.2. The molecule has 1 aliphatic rings. The molecule has 1 amide bonds. The Morgan fingerprint density at radius 3 is 2.28 bits per heavy atom. The highest BCUT2D eigenvalue weighted by molar-refractivity contribution is 7.89. The van der Waals surface area contributed by atoms with Crippen LogP contribution < -0.4 is 5.32 Å². The molecular weight excluding hydrogens is 336 g/mol. The molecule has 0 saturated heterocycles. The van der Waals surface area contributed by atoms with Gasteiger partial charge in [-0.15, -0.1) is 0 Å². The summed E-state index contributed by atoms with van der Waals surface area (Å²) in [6.45, 7) is 7.93. The minimum absolute atomic E-state index is 0.199. The molecule has 6 heteroatoms. The number of nitrogens with one attached hydrogen (secondary N) is 1. The summed E-state index contributed by atoms with van der Waals surface area (Å²) in [5, 5.41) is 3.14. The van der Waals surface area contributed by atoms with Crippen molar-refractivity contribution in [3.05, 3.63) is 28.8 Å². The molecule has 1 fully saturated rings. The zero-order valence-electron chi connectivity index (χ0n) is 16.1. The van der Waals surface area contributed by atoms with Crippen LogP contribution in [-0.4, -0.2) is 38.3 Å². The van der Waals surface area contributed by atoms with Crippen molar-refractivity contribution in [1.82, 2.24) is 9.62 Å². The van der Waals surface area contributed by atoms with Crippen molar-refractivity contribution >= 4 is 15.9 Å². The van der Waals surface area contributed by atoms with Gasteiger partial charge in [-0.1, -0.05) is 6.92 Å². The summed E-state index contributed by atoms with van der Waals surface area (Å²) in [6.07, 6.45) is 4.11. The summed E-state index contributed by atoms with van der Waals surface area (Å²) < 4.78 is 26.3. The van der Waals surface area contributed by atoms with Crippen molar-refractivity contribution in [1.29, 1.82) is 0 Å². The molecule has 0 radical (unpaired) electrons. The number of carbonyl (C=O) groups is 1. The van der Waals surface area contributed by atoms with Gasteiger partial charge < -0.3 is 5.32 Å². The predicted molar refractivity (Wildman–Crippen MR) is 100 cm³/mol. The molecule has 1 aromatic carbocycles.